The number of carbonyl (C=O) groups excluding carboxylic acids is 2. The molecule has 0 spiro atoms. The van der Waals surface area contributed by atoms with Gasteiger partial charge in [0.25, 0.3) is 0 Å². The smallest absolute Gasteiger partial charge is 0.407 e. The zero-order chi connectivity index (χ0) is 22.4. The summed E-state index contributed by atoms with van der Waals surface area (Å²) in [5, 5.41) is 5.74. The second kappa shape index (κ2) is 10.9. The Balaban J connectivity index is 1.43. The van der Waals surface area contributed by atoms with Crippen molar-refractivity contribution < 1.29 is 19.1 Å². The number of alkyl carbamates (subject to hydrolysis) is 1. The standard InChI is InChI=1S/C22H23Br3N2O4/c1-14(10-26-11-20(28)31-13-22(23,24)25)27-21(29)30-12-19-17-8-4-2-6-15(17)16-7-3-5-9-18(16)19/h2-9,14,19,26H,10-13H2,1H3,(H,27,29)/t14-/m0/s1. The molecule has 0 bridgehead atoms. The molecular formula is C22H23Br3N2O4. The summed E-state index contributed by atoms with van der Waals surface area (Å²) < 4.78 is 9.97. The number of esters is 1. The SMILES string of the molecule is C[C@@H](CNCC(=O)OCC(Br)(Br)Br)NC(=O)OCC1c2ccccc2-c2ccccc21. The summed E-state index contributed by atoms with van der Waals surface area (Å²) in [7, 11) is 0. The monoisotopic (exact) mass is 616 g/mol. The first-order chi connectivity index (χ1) is 14.7. The molecule has 2 aromatic carbocycles. The highest BCUT2D eigenvalue weighted by atomic mass is 80.0. The van der Waals surface area contributed by atoms with Crippen LogP contribution in [0.2, 0.25) is 0 Å². The second-order valence-electron chi connectivity index (χ2n) is 7.28. The number of halogens is 3. The van der Waals surface area contributed by atoms with E-state index < -0.39 is 14.2 Å². The zero-order valence-electron chi connectivity index (χ0n) is 16.9. The summed E-state index contributed by atoms with van der Waals surface area (Å²) in [6.07, 6.45) is -0.485. The molecule has 166 valence electrons. The lowest BCUT2D eigenvalue weighted by molar-refractivity contribution is -0.142. The Morgan fingerprint density at radius 3 is 2.16 bits per heavy atom. The van der Waals surface area contributed by atoms with Gasteiger partial charge in [-0.25, -0.2) is 4.79 Å². The largest absolute Gasteiger partial charge is 0.461 e. The van der Waals surface area contributed by atoms with Gasteiger partial charge in [-0.2, -0.15) is 0 Å². The maximum atomic E-state index is 12.3. The fourth-order valence-electron chi connectivity index (χ4n) is 3.50. The van der Waals surface area contributed by atoms with Gasteiger partial charge < -0.3 is 20.1 Å². The van der Waals surface area contributed by atoms with Crippen LogP contribution in [0.4, 0.5) is 4.79 Å². The minimum absolute atomic E-state index is 0.0202. The average Bonchev–Trinajstić information content (AvgIpc) is 3.04. The van der Waals surface area contributed by atoms with E-state index in [9.17, 15) is 9.59 Å². The summed E-state index contributed by atoms with van der Waals surface area (Å²) in [5.74, 6) is -0.372. The number of amides is 1. The van der Waals surface area contributed by atoms with Crippen LogP contribution in [-0.2, 0) is 14.3 Å². The molecule has 0 saturated heterocycles. The number of benzene rings is 2. The molecule has 0 aliphatic heterocycles. The molecule has 0 heterocycles. The first-order valence-corrected chi connectivity index (χ1v) is 12.2. The maximum absolute atomic E-state index is 12.3. The second-order valence-corrected chi connectivity index (χ2v) is 14.5. The van der Waals surface area contributed by atoms with E-state index in [1.807, 2.05) is 31.2 Å². The van der Waals surface area contributed by atoms with E-state index in [-0.39, 0.29) is 31.7 Å². The highest BCUT2D eigenvalue weighted by molar-refractivity contribution is 9.39. The number of alkyl halides is 3. The van der Waals surface area contributed by atoms with Crippen molar-refractivity contribution in [1.82, 2.24) is 10.6 Å². The number of carbonyl (C=O) groups is 2. The van der Waals surface area contributed by atoms with Crippen LogP contribution >= 0.6 is 47.8 Å². The van der Waals surface area contributed by atoms with E-state index >= 15 is 0 Å². The van der Waals surface area contributed by atoms with E-state index in [4.69, 9.17) is 9.47 Å². The summed E-state index contributed by atoms with van der Waals surface area (Å²) in [5.41, 5.74) is 4.72. The fourth-order valence-corrected chi connectivity index (χ4v) is 3.84. The van der Waals surface area contributed by atoms with Gasteiger partial charge in [-0.3, -0.25) is 4.79 Å². The lowest BCUT2D eigenvalue weighted by atomic mass is 9.98. The van der Waals surface area contributed by atoms with E-state index in [0.29, 0.717) is 6.54 Å². The van der Waals surface area contributed by atoms with Crippen molar-refractivity contribution in [2.24, 2.45) is 0 Å². The molecule has 0 unspecified atom stereocenters. The third-order valence-corrected chi connectivity index (χ3v) is 5.51. The molecule has 2 aromatic rings. The molecule has 0 aromatic heterocycles. The Kier molecular flexibility index (Phi) is 8.55. The average molecular weight is 619 g/mol. The van der Waals surface area contributed by atoms with Crippen molar-refractivity contribution in [2.75, 3.05) is 26.3 Å². The van der Waals surface area contributed by atoms with Gasteiger partial charge in [-0.15, -0.1) is 0 Å². The predicted molar refractivity (Wildman–Crippen MR) is 131 cm³/mol. The molecule has 0 radical (unpaired) electrons. The van der Waals surface area contributed by atoms with Gasteiger partial charge in [0.1, 0.15) is 13.2 Å². The molecule has 31 heavy (non-hydrogen) atoms. The van der Waals surface area contributed by atoms with Crippen molar-refractivity contribution >= 4 is 59.9 Å². The summed E-state index contributed by atoms with van der Waals surface area (Å²) in [6.45, 7) is 2.67. The van der Waals surface area contributed by atoms with Crippen LogP contribution in [0.1, 0.15) is 24.0 Å². The predicted octanol–water partition coefficient (Wildman–Crippen LogP) is 4.88. The summed E-state index contributed by atoms with van der Waals surface area (Å²) >= 11 is 9.77. The van der Waals surface area contributed by atoms with E-state index in [2.05, 4.69) is 82.7 Å². The van der Waals surface area contributed by atoms with Gasteiger partial charge in [-0.1, -0.05) is 96.3 Å². The first kappa shape index (κ1) is 24.2. The lowest BCUT2D eigenvalue weighted by Crippen LogP contribution is -2.42. The molecule has 0 saturated carbocycles. The Hall–Kier alpha value is -1.42. The first-order valence-electron chi connectivity index (χ1n) is 9.79. The maximum Gasteiger partial charge on any atom is 0.407 e. The number of fused-ring (bicyclic) bond motifs is 3. The zero-order valence-corrected chi connectivity index (χ0v) is 21.6. The number of nitrogens with one attached hydrogen (secondary N) is 2. The third kappa shape index (κ3) is 7.03. The van der Waals surface area contributed by atoms with Crippen molar-refractivity contribution in [3.05, 3.63) is 59.7 Å². The van der Waals surface area contributed by atoms with Crippen molar-refractivity contribution in [3.63, 3.8) is 0 Å². The fraction of sp³-hybridized carbons (Fsp3) is 0.364. The van der Waals surface area contributed by atoms with Crippen LogP contribution in [0.5, 0.6) is 0 Å². The Labute approximate surface area is 206 Å². The molecular weight excluding hydrogens is 596 g/mol. The molecule has 6 nitrogen and oxygen atoms in total. The minimum atomic E-state index is -0.623. The number of hydrogen-bond donors (Lipinski definition) is 2. The van der Waals surface area contributed by atoms with Crippen LogP contribution in [0.3, 0.4) is 0 Å². The minimum Gasteiger partial charge on any atom is -0.461 e. The molecule has 1 atom stereocenters. The van der Waals surface area contributed by atoms with Crippen molar-refractivity contribution in [2.45, 2.75) is 21.0 Å². The van der Waals surface area contributed by atoms with Gasteiger partial charge in [0, 0.05) is 18.5 Å². The van der Waals surface area contributed by atoms with Crippen LogP contribution < -0.4 is 10.6 Å². The van der Waals surface area contributed by atoms with Crippen LogP contribution in [0.15, 0.2) is 48.5 Å². The molecule has 1 aliphatic rings. The molecule has 0 fully saturated rings. The molecule has 3 rings (SSSR count). The van der Waals surface area contributed by atoms with Gasteiger partial charge in [0.2, 0.25) is 0 Å². The van der Waals surface area contributed by atoms with Gasteiger partial charge in [0.15, 0.2) is 2.14 Å². The van der Waals surface area contributed by atoms with Gasteiger partial charge >= 0.3 is 12.1 Å². The van der Waals surface area contributed by atoms with Crippen molar-refractivity contribution in [1.29, 1.82) is 0 Å². The Morgan fingerprint density at radius 2 is 1.58 bits per heavy atom. The van der Waals surface area contributed by atoms with Crippen LogP contribution in [0, 0.1) is 0 Å². The number of hydrogen-bond acceptors (Lipinski definition) is 5. The summed E-state index contributed by atoms with van der Waals surface area (Å²) in [4.78, 5) is 24.0. The Bertz CT molecular complexity index is 887. The van der Waals surface area contributed by atoms with E-state index in [1.165, 1.54) is 22.3 Å². The number of rotatable bonds is 8. The third-order valence-electron chi connectivity index (χ3n) is 4.82. The lowest BCUT2D eigenvalue weighted by Gasteiger charge is -2.18. The van der Waals surface area contributed by atoms with E-state index in [0.717, 1.165) is 0 Å². The Morgan fingerprint density at radius 1 is 1.00 bits per heavy atom. The van der Waals surface area contributed by atoms with Crippen molar-refractivity contribution in [3.8, 4) is 11.1 Å². The normalized spacial score (nSPS) is 13.8. The molecule has 9 heteroatoms. The quantitative estimate of drug-likeness (QED) is 0.326. The highest BCUT2D eigenvalue weighted by Gasteiger charge is 2.29. The van der Waals surface area contributed by atoms with Gasteiger partial charge in [-0.05, 0) is 29.2 Å². The number of ether oxygens (including phenoxy) is 2. The topological polar surface area (TPSA) is 76.7 Å². The summed E-state index contributed by atoms with van der Waals surface area (Å²) in [6, 6.07) is 16.2. The van der Waals surface area contributed by atoms with Crippen LogP contribution in [0.25, 0.3) is 11.1 Å². The van der Waals surface area contributed by atoms with E-state index in [1.54, 1.807) is 0 Å². The van der Waals surface area contributed by atoms with Gasteiger partial charge in [0.05, 0.1) is 6.54 Å². The highest BCUT2D eigenvalue weighted by Crippen LogP contribution is 2.44. The van der Waals surface area contributed by atoms with Crippen LogP contribution in [-0.4, -0.2) is 46.6 Å². The molecule has 2 N–H and O–H groups in total. The molecule has 1 amide bonds. The molecule has 1 aliphatic carbocycles.